The molecule has 0 aromatic rings. The predicted octanol–water partition coefficient (Wildman–Crippen LogP) is -2.92. The first kappa shape index (κ1) is 10.8. The zero-order valence-corrected chi connectivity index (χ0v) is 6.54. The van der Waals surface area contributed by atoms with Gasteiger partial charge >= 0.3 is 0 Å². The lowest BCUT2D eigenvalue weighted by molar-refractivity contribution is -0.378. The van der Waals surface area contributed by atoms with Gasteiger partial charge in [-0.3, -0.25) is 0 Å². The molecule has 0 amide bonds. The number of aliphatic hydroxyl groups excluding tert-OH is 3. The van der Waals surface area contributed by atoms with E-state index in [2.05, 4.69) is 4.74 Å². The van der Waals surface area contributed by atoms with Crippen molar-refractivity contribution in [3.63, 3.8) is 0 Å². The normalized spacial score (nSPS) is 44.8. The Labute approximate surface area is 72.8 Å². The quantitative estimate of drug-likeness (QED) is 0.289. The summed E-state index contributed by atoms with van der Waals surface area (Å²) in [6.45, 7) is -0.727. The first-order chi connectivity index (χ1) is 5.91. The number of rotatable bonds is 1. The molecule has 4 unspecified atom stereocenters. The number of hydrogen-bond donors (Lipinski definition) is 5. The summed E-state index contributed by atoms with van der Waals surface area (Å²) < 4.78 is 16.9. The second-order valence-electron chi connectivity index (χ2n) is 2.89. The van der Waals surface area contributed by atoms with Crippen LogP contribution in [0.5, 0.6) is 0 Å². The molecule has 13 heavy (non-hydrogen) atoms. The van der Waals surface area contributed by atoms with Gasteiger partial charge in [0, 0.05) is 0 Å². The maximum atomic E-state index is 12.7. The van der Waals surface area contributed by atoms with Gasteiger partial charge in [-0.1, -0.05) is 0 Å². The fourth-order valence-corrected chi connectivity index (χ4v) is 1.07. The highest BCUT2D eigenvalue weighted by atomic mass is 19.1. The van der Waals surface area contributed by atoms with Crippen LogP contribution in [0.4, 0.5) is 4.39 Å². The first-order valence-corrected chi connectivity index (χ1v) is 3.62. The van der Waals surface area contributed by atoms with Crippen molar-refractivity contribution < 1.29 is 34.7 Å². The van der Waals surface area contributed by atoms with Gasteiger partial charge in [0.15, 0.2) is 0 Å². The number of hydrogen-bond acceptors (Lipinski definition) is 6. The van der Waals surface area contributed by atoms with E-state index in [9.17, 15) is 4.39 Å². The Balaban J connectivity index is 2.79. The Hall–Kier alpha value is -0.310. The topological polar surface area (TPSA) is 110 Å². The second kappa shape index (κ2) is 3.45. The van der Waals surface area contributed by atoms with E-state index in [1.807, 2.05) is 0 Å². The molecule has 0 aromatic carbocycles. The molecule has 1 fully saturated rings. The van der Waals surface area contributed by atoms with E-state index < -0.39 is 37.1 Å². The second-order valence-corrected chi connectivity index (χ2v) is 2.89. The van der Waals surface area contributed by atoms with E-state index in [4.69, 9.17) is 25.5 Å². The van der Waals surface area contributed by atoms with Crippen LogP contribution in [-0.2, 0) is 4.74 Å². The van der Waals surface area contributed by atoms with Crippen LogP contribution in [0.1, 0.15) is 0 Å². The van der Waals surface area contributed by atoms with Crippen LogP contribution in [0.3, 0.4) is 0 Å². The van der Waals surface area contributed by atoms with Gasteiger partial charge in [0.25, 0.3) is 6.36 Å². The number of alkyl halides is 1. The minimum absolute atomic E-state index is 0.727. The van der Waals surface area contributed by atoms with E-state index in [-0.39, 0.29) is 0 Å². The van der Waals surface area contributed by atoms with Crippen molar-refractivity contribution in [2.75, 3.05) is 6.61 Å². The van der Waals surface area contributed by atoms with Gasteiger partial charge in [-0.05, 0) is 0 Å². The maximum Gasteiger partial charge on any atom is 0.256 e. The van der Waals surface area contributed by atoms with Crippen molar-refractivity contribution >= 4 is 0 Å². The van der Waals surface area contributed by atoms with Gasteiger partial charge in [-0.15, -0.1) is 0 Å². The molecule has 7 heteroatoms. The molecule has 1 aliphatic heterocycles. The third-order valence-corrected chi connectivity index (χ3v) is 1.95. The highest BCUT2D eigenvalue weighted by Crippen LogP contribution is 2.28. The van der Waals surface area contributed by atoms with Crippen molar-refractivity contribution in [3.8, 4) is 0 Å². The maximum absolute atomic E-state index is 12.7. The van der Waals surface area contributed by atoms with Gasteiger partial charge in [-0.2, -0.15) is 0 Å². The van der Waals surface area contributed by atoms with Gasteiger partial charge in [0.05, 0.1) is 6.61 Å². The molecule has 1 saturated heterocycles. The summed E-state index contributed by atoms with van der Waals surface area (Å²) in [5, 5.41) is 44.3. The van der Waals surface area contributed by atoms with Crippen molar-refractivity contribution in [2.45, 2.75) is 30.5 Å². The van der Waals surface area contributed by atoms with Crippen LogP contribution in [-0.4, -0.2) is 62.6 Å². The van der Waals surface area contributed by atoms with E-state index in [0.717, 1.165) is 0 Å². The first-order valence-electron chi connectivity index (χ1n) is 3.62. The predicted molar refractivity (Wildman–Crippen MR) is 36.0 cm³/mol. The lowest BCUT2D eigenvalue weighted by Gasteiger charge is -2.41. The Morgan fingerprint density at radius 1 is 1.31 bits per heavy atom. The molecule has 0 saturated carbocycles. The van der Waals surface area contributed by atoms with Crippen molar-refractivity contribution in [3.05, 3.63) is 0 Å². The standard InChI is InChI=1S/C6H11FO6/c7-5-6(11,12)4(10)3(9)2(1-8)13-5/h2-5,8-12H,1H2. The molecule has 78 valence electrons. The zero-order valence-electron chi connectivity index (χ0n) is 6.54. The third-order valence-electron chi connectivity index (χ3n) is 1.95. The van der Waals surface area contributed by atoms with Crippen LogP contribution in [0.15, 0.2) is 0 Å². The molecule has 1 rings (SSSR count). The Morgan fingerprint density at radius 3 is 2.31 bits per heavy atom. The van der Waals surface area contributed by atoms with Gasteiger partial charge in [-0.25, -0.2) is 4.39 Å². The third kappa shape index (κ3) is 1.66. The number of halogens is 1. The van der Waals surface area contributed by atoms with E-state index in [1.54, 1.807) is 0 Å². The lowest BCUT2D eigenvalue weighted by atomic mass is 9.97. The molecular weight excluding hydrogens is 187 g/mol. The van der Waals surface area contributed by atoms with Gasteiger partial charge in [0.2, 0.25) is 5.79 Å². The molecule has 1 heterocycles. The highest BCUT2D eigenvalue weighted by molar-refractivity contribution is 4.93. The highest BCUT2D eigenvalue weighted by Gasteiger charge is 2.54. The minimum atomic E-state index is -3.15. The fraction of sp³-hybridized carbons (Fsp3) is 1.00. The lowest BCUT2D eigenvalue weighted by Crippen LogP contribution is -2.65. The minimum Gasteiger partial charge on any atom is -0.394 e. The van der Waals surface area contributed by atoms with Crippen molar-refractivity contribution in [1.29, 1.82) is 0 Å². The van der Waals surface area contributed by atoms with E-state index in [0.29, 0.717) is 0 Å². The summed E-state index contributed by atoms with van der Waals surface area (Å²) in [5.41, 5.74) is 0. The Morgan fingerprint density at radius 2 is 1.85 bits per heavy atom. The molecule has 0 radical (unpaired) electrons. The molecule has 6 nitrogen and oxygen atoms in total. The molecule has 0 bridgehead atoms. The van der Waals surface area contributed by atoms with Gasteiger partial charge < -0.3 is 30.3 Å². The molecule has 4 atom stereocenters. The fourth-order valence-electron chi connectivity index (χ4n) is 1.07. The summed E-state index contributed by atoms with van der Waals surface area (Å²) in [7, 11) is 0. The number of ether oxygens (including phenoxy) is 1. The largest absolute Gasteiger partial charge is 0.394 e. The molecule has 0 aliphatic carbocycles. The van der Waals surface area contributed by atoms with E-state index in [1.165, 1.54) is 0 Å². The van der Waals surface area contributed by atoms with Crippen molar-refractivity contribution in [1.82, 2.24) is 0 Å². The molecular formula is C6H11FO6. The number of aliphatic hydroxyl groups is 5. The van der Waals surface area contributed by atoms with Crippen molar-refractivity contribution in [2.24, 2.45) is 0 Å². The van der Waals surface area contributed by atoms with Crippen LogP contribution < -0.4 is 0 Å². The summed E-state index contributed by atoms with van der Waals surface area (Å²) in [6, 6.07) is 0. The summed E-state index contributed by atoms with van der Waals surface area (Å²) in [6.07, 6.45) is -7.79. The monoisotopic (exact) mass is 198 g/mol. The van der Waals surface area contributed by atoms with Crippen LogP contribution in [0.2, 0.25) is 0 Å². The Bertz CT molecular complexity index is 186. The molecule has 0 spiro atoms. The average molecular weight is 198 g/mol. The van der Waals surface area contributed by atoms with Crippen LogP contribution in [0.25, 0.3) is 0 Å². The summed E-state index contributed by atoms with van der Waals surface area (Å²) in [5.74, 6) is -3.15. The van der Waals surface area contributed by atoms with Crippen LogP contribution in [0, 0.1) is 0 Å². The summed E-state index contributed by atoms with van der Waals surface area (Å²) >= 11 is 0. The smallest absolute Gasteiger partial charge is 0.256 e. The summed E-state index contributed by atoms with van der Waals surface area (Å²) in [4.78, 5) is 0. The molecule has 5 N–H and O–H groups in total. The molecule has 0 aromatic heterocycles. The zero-order chi connectivity index (χ0) is 10.2. The van der Waals surface area contributed by atoms with E-state index >= 15 is 0 Å². The SMILES string of the molecule is OCC1OC(F)C(O)(O)C(O)C1O. The average Bonchev–Trinajstić information content (AvgIpc) is 2.09. The molecule has 1 aliphatic rings. The van der Waals surface area contributed by atoms with Gasteiger partial charge in [0.1, 0.15) is 18.3 Å². The Kier molecular flexibility index (Phi) is 2.85. The van der Waals surface area contributed by atoms with Crippen LogP contribution >= 0.6 is 0 Å².